The van der Waals surface area contributed by atoms with Crippen LogP contribution in [0, 0.1) is 0 Å². The fourth-order valence-corrected chi connectivity index (χ4v) is 5.00. The van der Waals surface area contributed by atoms with Crippen LogP contribution in [0.5, 0.6) is 0 Å². The van der Waals surface area contributed by atoms with Gasteiger partial charge in [0.2, 0.25) is 0 Å². The molecule has 2 heterocycles. The first kappa shape index (κ1) is 20.0. The molecule has 0 aliphatic carbocycles. The second kappa shape index (κ2) is 7.70. The lowest BCUT2D eigenvalue weighted by atomic mass is 10.1. The summed E-state index contributed by atoms with van der Waals surface area (Å²) in [6.45, 7) is -0.477. The van der Waals surface area contributed by atoms with Gasteiger partial charge in [-0.05, 0) is 12.5 Å². The first-order chi connectivity index (χ1) is 13.2. The molecule has 10 heteroatoms. The van der Waals surface area contributed by atoms with E-state index >= 15 is 0 Å². The predicted octanol–water partition coefficient (Wildman–Crippen LogP) is -0.335. The molecule has 1 amide bonds. The summed E-state index contributed by atoms with van der Waals surface area (Å²) in [5.74, 6) is -1.14. The van der Waals surface area contributed by atoms with Crippen LogP contribution in [0.3, 0.4) is 0 Å². The molecule has 0 spiro atoms. The Morgan fingerprint density at radius 3 is 2.61 bits per heavy atom. The normalized spacial score (nSPS) is 18.1. The molecule has 150 valence electrons. The lowest BCUT2D eigenvalue weighted by Gasteiger charge is -2.23. The summed E-state index contributed by atoms with van der Waals surface area (Å²) >= 11 is 0. The van der Waals surface area contributed by atoms with Crippen molar-refractivity contribution in [3.63, 3.8) is 0 Å². The maximum atomic E-state index is 12.2. The van der Waals surface area contributed by atoms with Crippen LogP contribution in [0.15, 0.2) is 29.1 Å². The number of aromatic nitrogens is 2. The molecule has 0 bridgehead atoms. The Bertz CT molecular complexity index is 1090. The van der Waals surface area contributed by atoms with Crippen LogP contribution in [0.25, 0.3) is 10.8 Å². The Morgan fingerprint density at radius 2 is 1.96 bits per heavy atom. The molecule has 28 heavy (non-hydrogen) atoms. The van der Waals surface area contributed by atoms with E-state index in [0.29, 0.717) is 22.9 Å². The lowest BCUT2D eigenvalue weighted by Crippen LogP contribution is -2.40. The molecular formula is C18H21N3O6S. The van der Waals surface area contributed by atoms with Gasteiger partial charge in [-0.2, -0.15) is 5.10 Å². The van der Waals surface area contributed by atoms with Gasteiger partial charge in [-0.1, -0.05) is 18.2 Å². The zero-order valence-electron chi connectivity index (χ0n) is 15.6. The lowest BCUT2D eigenvalue weighted by molar-refractivity contribution is -0.151. The summed E-state index contributed by atoms with van der Waals surface area (Å²) in [6, 6.07) is 6.43. The van der Waals surface area contributed by atoms with Gasteiger partial charge in [0.25, 0.3) is 11.5 Å². The van der Waals surface area contributed by atoms with E-state index in [0.717, 1.165) is 4.68 Å². The molecule has 1 saturated heterocycles. The second-order valence-corrected chi connectivity index (χ2v) is 9.05. The van der Waals surface area contributed by atoms with Crippen LogP contribution in [0.2, 0.25) is 0 Å². The predicted molar refractivity (Wildman–Crippen MR) is 101 cm³/mol. The Balaban J connectivity index is 1.64. The van der Waals surface area contributed by atoms with Gasteiger partial charge in [-0.3, -0.25) is 14.4 Å². The molecule has 9 nitrogen and oxygen atoms in total. The van der Waals surface area contributed by atoms with Crippen LogP contribution in [0.4, 0.5) is 0 Å². The molecule has 1 aliphatic heterocycles. The van der Waals surface area contributed by atoms with E-state index < -0.39 is 34.4 Å². The van der Waals surface area contributed by atoms with E-state index in [9.17, 15) is 22.8 Å². The number of fused-ring (bicyclic) bond motifs is 1. The van der Waals surface area contributed by atoms with Gasteiger partial charge in [-0.15, -0.1) is 0 Å². The molecule has 0 radical (unpaired) electrons. The average Bonchev–Trinajstić information content (AvgIpc) is 3.03. The van der Waals surface area contributed by atoms with Gasteiger partial charge in [-0.25, -0.2) is 13.1 Å². The fourth-order valence-electron chi connectivity index (χ4n) is 3.22. The Labute approximate surface area is 161 Å². The van der Waals surface area contributed by atoms with Crippen molar-refractivity contribution in [2.24, 2.45) is 7.05 Å². The number of ether oxygens (including phenoxy) is 1. The quantitative estimate of drug-likeness (QED) is 0.623. The first-order valence-corrected chi connectivity index (χ1v) is 10.6. The smallest absolute Gasteiger partial charge is 0.312 e. The highest BCUT2D eigenvalue weighted by molar-refractivity contribution is 7.91. The third kappa shape index (κ3) is 4.22. The number of amides is 1. The summed E-state index contributed by atoms with van der Waals surface area (Å²) < 4.78 is 29.3. The molecule has 1 aromatic carbocycles. The van der Waals surface area contributed by atoms with Crippen LogP contribution >= 0.6 is 0 Å². The molecule has 1 atom stereocenters. The number of aryl methyl sites for hydroxylation is 1. The Morgan fingerprint density at radius 1 is 1.29 bits per heavy atom. The number of hydrogen-bond acceptors (Lipinski definition) is 7. The van der Waals surface area contributed by atoms with Crippen molar-refractivity contribution in [2.45, 2.75) is 18.9 Å². The van der Waals surface area contributed by atoms with Crippen molar-refractivity contribution in [2.75, 3.05) is 25.2 Å². The minimum atomic E-state index is -3.11. The molecule has 1 unspecified atom stereocenters. The van der Waals surface area contributed by atoms with Gasteiger partial charge in [0.1, 0.15) is 0 Å². The van der Waals surface area contributed by atoms with Crippen molar-refractivity contribution in [3.05, 3.63) is 40.3 Å². The van der Waals surface area contributed by atoms with Gasteiger partial charge < -0.3 is 9.64 Å². The van der Waals surface area contributed by atoms with Crippen LogP contribution < -0.4 is 5.56 Å². The van der Waals surface area contributed by atoms with Crippen LogP contribution in [-0.4, -0.2) is 66.2 Å². The summed E-state index contributed by atoms with van der Waals surface area (Å²) in [4.78, 5) is 37.8. The maximum Gasteiger partial charge on any atom is 0.312 e. The van der Waals surface area contributed by atoms with Crippen molar-refractivity contribution < 1.29 is 22.7 Å². The van der Waals surface area contributed by atoms with Gasteiger partial charge in [0.05, 0.1) is 29.0 Å². The average molecular weight is 407 g/mol. The molecule has 0 saturated carbocycles. The highest BCUT2D eigenvalue weighted by atomic mass is 32.2. The van der Waals surface area contributed by atoms with E-state index in [-0.39, 0.29) is 23.5 Å². The molecule has 1 fully saturated rings. The standard InChI is InChI=1S/C18H21N3O6S/c1-20(12-7-8-28(25,26)11-12)16(22)10-27-17(23)9-15-13-5-3-4-6-14(13)18(24)21(2)19-15/h3-6,12H,7-11H2,1-2H3. The molecular weight excluding hydrogens is 386 g/mol. The second-order valence-electron chi connectivity index (χ2n) is 6.82. The molecule has 0 N–H and O–H groups in total. The summed E-state index contributed by atoms with van der Waals surface area (Å²) in [5.41, 5.74) is 0.112. The van der Waals surface area contributed by atoms with Gasteiger partial charge in [0.15, 0.2) is 16.4 Å². The number of likely N-dealkylation sites (N-methyl/N-ethyl adjacent to an activating group) is 1. The Kier molecular flexibility index (Phi) is 5.50. The number of carbonyl (C=O) groups is 2. The van der Waals surface area contributed by atoms with E-state index in [4.69, 9.17) is 4.74 Å². The third-order valence-electron chi connectivity index (χ3n) is 4.85. The molecule has 3 rings (SSSR count). The van der Waals surface area contributed by atoms with E-state index in [1.54, 1.807) is 24.3 Å². The number of hydrogen-bond donors (Lipinski definition) is 0. The zero-order valence-corrected chi connectivity index (χ0v) is 16.4. The summed E-state index contributed by atoms with van der Waals surface area (Å²) in [5, 5.41) is 5.13. The van der Waals surface area contributed by atoms with Crippen molar-refractivity contribution >= 4 is 32.5 Å². The van der Waals surface area contributed by atoms with E-state index in [1.165, 1.54) is 19.0 Å². The number of nitrogens with zero attached hydrogens (tertiary/aromatic N) is 3. The van der Waals surface area contributed by atoms with Crippen molar-refractivity contribution in [1.29, 1.82) is 0 Å². The number of rotatable bonds is 5. The SMILES string of the molecule is CN(C(=O)COC(=O)Cc1nn(C)c(=O)c2ccccc12)C1CCS(=O)(=O)C1. The minimum Gasteiger partial charge on any atom is -0.455 e. The molecule has 2 aromatic rings. The van der Waals surface area contributed by atoms with Gasteiger partial charge in [0, 0.05) is 25.5 Å². The highest BCUT2D eigenvalue weighted by Crippen LogP contribution is 2.17. The Hall–Kier alpha value is -2.75. The largest absolute Gasteiger partial charge is 0.455 e. The fraction of sp³-hybridized carbons (Fsp3) is 0.444. The minimum absolute atomic E-state index is 0.0561. The van der Waals surface area contributed by atoms with Crippen molar-refractivity contribution in [1.82, 2.24) is 14.7 Å². The zero-order chi connectivity index (χ0) is 20.5. The van der Waals surface area contributed by atoms with Crippen molar-refractivity contribution in [3.8, 4) is 0 Å². The first-order valence-electron chi connectivity index (χ1n) is 8.74. The third-order valence-corrected chi connectivity index (χ3v) is 6.60. The number of esters is 1. The van der Waals surface area contributed by atoms with E-state index in [2.05, 4.69) is 5.10 Å². The summed E-state index contributed by atoms with van der Waals surface area (Å²) in [6.07, 6.45) is 0.190. The van der Waals surface area contributed by atoms with Gasteiger partial charge >= 0.3 is 5.97 Å². The van der Waals surface area contributed by atoms with Crippen LogP contribution in [-0.2, 0) is 37.6 Å². The summed E-state index contributed by atoms with van der Waals surface area (Å²) in [7, 11) is -0.111. The topological polar surface area (TPSA) is 116 Å². The molecule has 1 aliphatic rings. The number of benzene rings is 1. The monoisotopic (exact) mass is 407 g/mol. The number of carbonyl (C=O) groups excluding carboxylic acids is 2. The van der Waals surface area contributed by atoms with E-state index in [1.807, 2.05) is 0 Å². The molecule has 1 aromatic heterocycles. The van der Waals surface area contributed by atoms with Crippen LogP contribution in [0.1, 0.15) is 12.1 Å². The highest BCUT2D eigenvalue weighted by Gasteiger charge is 2.32. The number of sulfone groups is 1. The maximum absolute atomic E-state index is 12.2.